The van der Waals surface area contributed by atoms with Crippen LogP contribution < -0.4 is 5.73 Å². The summed E-state index contributed by atoms with van der Waals surface area (Å²) >= 11 is 3.00. The molecule has 3 aromatic rings. The van der Waals surface area contributed by atoms with E-state index in [4.69, 9.17) is 10.5 Å². The lowest BCUT2D eigenvalue weighted by molar-refractivity contribution is 0.0142. The number of fused-ring (bicyclic) bond motifs is 2. The summed E-state index contributed by atoms with van der Waals surface area (Å²) in [4.78, 5) is 20.0. The lowest BCUT2D eigenvalue weighted by Gasteiger charge is -2.35. The number of rotatable bonds is 1. The van der Waals surface area contributed by atoms with Gasteiger partial charge in [0, 0.05) is 22.5 Å². The smallest absolute Gasteiger partial charge is 0.410 e. The van der Waals surface area contributed by atoms with Crippen molar-refractivity contribution < 1.29 is 13.9 Å². The quantitative estimate of drug-likeness (QED) is 0.571. The number of aromatic nitrogens is 1. The molecule has 1 aliphatic rings. The van der Waals surface area contributed by atoms with Crippen molar-refractivity contribution in [2.24, 2.45) is 0 Å². The van der Waals surface area contributed by atoms with Crippen LogP contribution in [-0.4, -0.2) is 27.6 Å². The second-order valence-electron chi connectivity index (χ2n) is 8.04. The van der Waals surface area contributed by atoms with E-state index in [1.165, 1.54) is 34.8 Å². The number of halogens is 1. The first-order valence-corrected chi connectivity index (χ1v) is 10.7. The van der Waals surface area contributed by atoms with E-state index in [1.54, 1.807) is 11.0 Å². The Bertz CT molecular complexity index is 1070. The number of thiophene rings is 1. The van der Waals surface area contributed by atoms with Gasteiger partial charge in [0.25, 0.3) is 0 Å². The minimum Gasteiger partial charge on any atom is -0.444 e. The number of carbonyl (C=O) groups is 1. The predicted molar refractivity (Wildman–Crippen MR) is 112 cm³/mol. The third-order valence-corrected chi connectivity index (χ3v) is 6.75. The standard InChI is InChI=1S/C20H22FN3O2S2/c1-10-7-12-15(9-24(10)19(25)26-20(2,3)4)27-17(22)16(12)18-23-13-8-11(21)5-6-14(13)28-18/h5-6,8,10H,7,9,22H2,1-4H3. The summed E-state index contributed by atoms with van der Waals surface area (Å²) in [6.07, 6.45) is 0.372. The second kappa shape index (κ2) is 6.70. The van der Waals surface area contributed by atoms with Gasteiger partial charge in [-0.05, 0) is 51.8 Å². The topological polar surface area (TPSA) is 68.5 Å². The Kier molecular flexibility index (Phi) is 4.58. The maximum atomic E-state index is 13.5. The number of hydrogen-bond donors (Lipinski definition) is 1. The number of nitrogen functional groups attached to an aromatic ring is 1. The lowest BCUT2D eigenvalue weighted by Crippen LogP contribution is -2.44. The molecule has 1 unspecified atom stereocenters. The highest BCUT2D eigenvalue weighted by atomic mass is 32.1. The third kappa shape index (κ3) is 3.46. The Balaban J connectivity index is 1.70. The Morgan fingerprint density at radius 2 is 2.11 bits per heavy atom. The molecule has 0 spiro atoms. The summed E-state index contributed by atoms with van der Waals surface area (Å²) < 4.78 is 20.0. The second-order valence-corrected chi connectivity index (χ2v) is 10.2. The van der Waals surface area contributed by atoms with E-state index in [0.717, 1.165) is 25.7 Å². The molecule has 0 radical (unpaired) electrons. The Morgan fingerprint density at radius 3 is 2.82 bits per heavy atom. The SMILES string of the molecule is CC1Cc2c(sc(N)c2-c2nc3cc(F)ccc3s2)CN1C(=O)OC(C)(C)C. The van der Waals surface area contributed by atoms with Crippen molar-refractivity contribution >= 4 is 44.0 Å². The zero-order chi connectivity index (χ0) is 20.2. The highest BCUT2D eigenvalue weighted by molar-refractivity contribution is 7.22. The van der Waals surface area contributed by atoms with Gasteiger partial charge in [0.15, 0.2) is 0 Å². The van der Waals surface area contributed by atoms with Gasteiger partial charge < -0.3 is 15.4 Å². The normalized spacial score (nSPS) is 17.0. The fourth-order valence-corrected chi connectivity index (χ4v) is 5.60. The minimum absolute atomic E-state index is 0.0121. The number of carbonyl (C=O) groups excluding carboxylic acids is 1. The lowest BCUT2D eigenvalue weighted by atomic mass is 9.98. The zero-order valence-electron chi connectivity index (χ0n) is 16.2. The fourth-order valence-electron chi connectivity index (χ4n) is 3.40. The molecule has 0 saturated carbocycles. The molecule has 1 amide bonds. The monoisotopic (exact) mass is 419 g/mol. The maximum Gasteiger partial charge on any atom is 0.410 e. The van der Waals surface area contributed by atoms with Crippen LogP contribution in [-0.2, 0) is 17.7 Å². The molecule has 3 heterocycles. The molecule has 8 heteroatoms. The van der Waals surface area contributed by atoms with Gasteiger partial charge >= 0.3 is 6.09 Å². The van der Waals surface area contributed by atoms with E-state index in [9.17, 15) is 9.18 Å². The highest BCUT2D eigenvalue weighted by Crippen LogP contribution is 2.45. The number of ether oxygens (including phenoxy) is 1. The van der Waals surface area contributed by atoms with Crippen LogP contribution in [0.25, 0.3) is 20.8 Å². The number of thiazole rings is 1. The van der Waals surface area contributed by atoms with E-state index >= 15 is 0 Å². The molecule has 1 aliphatic heterocycles. The first kappa shape index (κ1) is 19.1. The first-order chi connectivity index (χ1) is 13.1. The first-order valence-electron chi connectivity index (χ1n) is 9.08. The predicted octanol–water partition coefficient (Wildman–Crippen LogP) is 5.43. The average molecular weight is 420 g/mol. The molecule has 0 bridgehead atoms. The van der Waals surface area contributed by atoms with Crippen molar-refractivity contribution in [1.29, 1.82) is 0 Å². The molecule has 1 aromatic carbocycles. The summed E-state index contributed by atoms with van der Waals surface area (Å²) in [6.45, 7) is 8.07. The van der Waals surface area contributed by atoms with Crippen LogP contribution in [0.4, 0.5) is 14.2 Å². The molecule has 2 N–H and O–H groups in total. The number of hydrogen-bond acceptors (Lipinski definition) is 6. The van der Waals surface area contributed by atoms with Crippen molar-refractivity contribution in [3.8, 4) is 10.6 Å². The van der Waals surface area contributed by atoms with Gasteiger partial charge in [0.1, 0.15) is 16.4 Å². The van der Waals surface area contributed by atoms with Gasteiger partial charge in [0.05, 0.1) is 21.8 Å². The van der Waals surface area contributed by atoms with Crippen LogP contribution in [0.3, 0.4) is 0 Å². The average Bonchev–Trinajstić information content (AvgIpc) is 3.11. The Hall–Kier alpha value is -2.19. The van der Waals surface area contributed by atoms with Crippen molar-refractivity contribution in [3.63, 3.8) is 0 Å². The Morgan fingerprint density at radius 1 is 1.36 bits per heavy atom. The molecule has 148 valence electrons. The van der Waals surface area contributed by atoms with Crippen molar-refractivity contribution in [3.05, 3.63) is 34.5 Å². The van der Waals surface area contributed by atoms with Crippen LogP contribution in [0.5, 0.6) is 0 Å². The van der Waals surface area contributed by atoms with Gasteiger partial charge in [-0.15, -0.1) is 22.7 Å². The van der Waals surface area contributed by atoms with Gasteiger partial charge in [-0.1, -0.05) is 0 Å². The van der Waals surface area contributed by atoms with Crippen LogP contribution >= 0.6 is 22.7 Å². The molecule has 4 rings (SSSR count). The number of amides is 1. The number of anilines is 1. The molecule has 5 nitrogen and oxygen atoms in total. The van der Waals surface area contributed by atoms with E-state index in [-0.39, 0.29) is 18.0 Å². The number of nitrogens with two attached hydrogens (primary N) is 1. The van der Waals surface area contributed by atoms with E-state index in [2.05, 4.69) is 4.98 Å². The van der Waals surface area contributed by atoms with Crippen LogP contribution in [0.15, 0.2) is 18.2 Å². The van der Waals surface area contributed by atoms with E-state index in [1.807, 2.05) is 27.7 Å². The summed E-state index contributed by atoms with van der Waals surface area (Å²) in [5.41, 5.74) is 8.51. The van der Waals surface area contributed by atoms with Gasteiger partial charge in [0.2, 0.25) is 0 Å². The largest absolute Gasteiger partial charge is 0.444 e. The van der Waals surface area contributed by atoms with Crippen molar-refractivity contribution in [2.75, 3.05) is 5.73 Å². The van der Waals surface area contributed by atoms with Gasteiger partial charge in [-0.3, -0.25) is 0 Å². The third-order valence-electron chi connectivity index (χ3n) is 4.65. The summed E-state index contributed by atoms with van der Waals surface area (Å²) in [5, 5.41) is 1.48. The molecule has 28 heavy (non-hydrogen) atoms. The molecular formula is C20H22FN3O2S2. The Labute approximate surface area is 170 Å². The fraction of sp³-hybridized carbons (Fsp3) is 0.400. The molecule has 0 saturated heterocycles. The van der Waals surface area contributed by atoms with E-state index in [0.29, 0.717) is 23.5 Å². The summed E-state index contributed by atoms with van der Waals surface area (Å²) in [7, 11) is 0. The zero-order valence-corrected chi connectivity index (χ0v) is 17.8. The summed E-state index contributed by atoms with van der Waals surface area (Å²) in [6, 6.07) is 4.62. The molecule has 1 atom stereocenters. The molecular weight excluding hydrogens is 397 g/mol. The van der Waals surface area contributed by atoms with Crippen LogP contribution in [0.2, 0.25) is 0 Å². The molecule has 0 aliphatic carbocycles. The van der Waals surface area contributed by atoms with Gasteiger partial charge in [-0.2, -0.15) is 0 Å². The van der Waals surface area contributed by atoms with E-state index < -0.39 is 5.60 Å². The summed E-state index contributed by atoms with van der Waals surface area (Å²) in [5.74, 6) is -0.300. The molecule has 0 fully saturated rings. The van der Waals surface area contributed by atoms with Crippen LogP contribution in [0.1, 0.15) is 38.1 Å². The molecule has 2 aromatic heterocycles. The van der Waals surface area contributed by atoms with Crippen molar-refractivity contribution in [1.82, 2.24) is 9.88 Å². The van der Waals surface area contributed by atoms with Gasteiger partial charge in [-0.25, -0.2) is 14.2 Å². The van der Waals surface area contributed by atoms with Crippen molar-refractivity contribution in [2.45, 2.75) is 52.3 Å². The maximum absolute atomic E-state index is 13.5. The highest BCUT2D eigenvalue weighted by Gasteiger charge is 2.34. The number of benzene rings is 1. The van der Waals surface area contributed by atoms with Crippen LogP contribution in [0, 0.1) is 5.82 Å². The minimum atomic E-state index is -0.535. The number of nitrogens with zero attached hydrogens (tertiary/aromatic N) is 2.